The Morgan fingerprint density at radius 3 is 2.65 bits per heavy atom. The average molecular weight is 374 g/mol. The van der Waals surface area contributed by atoms with Crippen molar-refractivity contribution in [1.82, 2.24) is 4.98 Å². The van der Waals surface area contributed by atoms with E-state index in [1.165, 1.54) is 6.20 Å². The van der Waals surface area contributed by atoms with Crippen molar-refractivity contribution in [2.75, 3.05) is 10.6 Å². The Morgan fingerprint density at radius 1 is 1.08 bits per heavy atom. The number of nitrogens with zero attached hydrogens (tertiary/aromatic N) is 1. The first-order valence-electron chi connectivity index (χ1n) is 7.67. The molecule has 1 heterocycles. The Kier molecular flexibility index (Phi) is 5.14. The van der Waals surface area contributed by atoms with Crippen LogP contribution in [0.25, 0.3) is 0 Å². The molecular weight excluding hydrogens is 360 g/mol. The number of benzene rings is 2. The molecule has 0 aliphatic rings. The highest BCUT2D eigenvalue weighted by atomic mass is 35.5. The fourth-order valence-electron chi connectivity index (χ4n) is 2.32. The molecule has 7 heteroatoms. The molecule has 0 saturated carbocycles. The van der Waals surface area contributed by atoms with Gasteiger partial charge in [0, 0.05) is 23.0 Å². The van der Waals surface area contributed by atoms with Gasteiger partial charge in [-0.15, -0.1) is 0 Å². The third-order valence-corrected chi connectivity index (χ3v) is 4.14. The summed E-state index contributed by atoms with van der Waals surface area (Å²) in [5.41, 5.74) is 2.32. The van der Waals surface area contributed by atoms with Crippen molar-refractivity contribution >= 4 is 34.6 Å². The van der Waals surface area contributed by atoms with Gasteiger partial charge in [0.15, 0.2) is 0 Å². The third kappa shape index (κ3) is 3.97. The summed E-state index contributed by atoms with van der Waals surface area (Å²) in [6, 6.07) is 9.93. The Bertz CT molecular complexity index is 979. The number of halogens is 3. The van der Waals surface area contributed by atoms with Gasteiger partial charge in [0.2, 0.25) is 0 Å². The molecule has 0 saturated heterocycles. The summed E-state index contributed by atoms with van der Waals surface area (Å²) < 4.78 is 26.6. The quantitative estimate of drug-likeness (QED) is 0.651. The smallest absolute Gasteiger partial charge is 0.257 e. The molecule has 0 unspecified atom stereocenters. The molecule has 0 aliphatic carbocycles. The zero-order valence-electron chi connectivity index (χ0n) is 13.7. The Morgan fingerprint density at radius 2 is 1.88 bits per heavy atom. The first-order chi connectivity index (χ1) is 12.4. The molecule has 2 N–H and O–H groups in total. The number of amides is 1. The molecule has 3 rings (SSSR count). The predicted octanol–water partition coefficient (Wildman–Crippen LogP) is 5.32. The van der Waals surface area contributed by atoms with Crippen molar-refractivity contribution in [2.45, 2.75) is 6.92 Å². The van der Waals surface area contributed by atoms with Gasteiger partial charge in [-0.25, -0.2) is 8.78 Å². The van der Waals surface area contributed by atoms with Crippen LogP contribution in [-0.4, -0.2) is 10.9 Å². The third-order valence-electron chi connectivity index (χ3n) is 3.73. The Balaban J connectivity index is 1.80. The average Bonchev–Trinajstić information content (AvgIpc) is 2.61. The van der Waals surface area contributed by atoms with Gasteiger partial charge in [-0.3, -0.25) is 9.78 Å². The van der Waals surface area contributed by atoms with Crippen LogP contribution in [-0.2, 0) is 0 Å². The minimum atomic E-state index is -0.852. The van der Waals surface area contributed by atoms with E-state index in [0.29, 0.717) is 16.8 Å². The van der Waals surface area contributed by atoms with Crippen molar-refractivity contribution in [3.63, 3.8) is 0 Å². The highest BCUT2D eigenvalue weighted by molar-refractivity contribution is 6.31. The van der Waals surface area contributed by atoms with E-state index in [4.69, 9.17) is 11.6 Å². The lowest BCUT2D eigenvalue weighted by atomic mass is 10.2. The van der Waals surface area contributed by atoms with Crippen molar-refractivity contribution in [2.24, 2.45) is 0 Å². The summed E-state index contributed by atoms with van der Waals surface area (Å²) in [5.74, 6) is -2.13. The van der Waals surface area contributed by atoms with E-state index in [-0.39, 0.29) is 11.3 Å². The van der Waals surface area contributed by atoms with Gasteiger partial charge in [0.1, 0.15) is 11.6 Å². The van der Waals surface area contributed by atoms with Crippen LogP contribution in [0.3, 0.4) is 0 Å². The summed E-state index contributed by atoms with van der Waals surface area (Å²) >= 11 is 6.10. The van der Waals surface area contributed by atoms with Crippen LogP contribution in [0.15, 0.2) is 54.9 Å². The van der Waals surface area contributed by atoms with Gasteiger partial charge in [-0.05, 0) is 42.8 Å². The van der Waals surface area contributed by atoms with Crippen LogP contribution in [0.4, 0.5) is 25.8 Å². The Hall–Kier alpha value is -2.99. The van der Waals surface area contributed by atoms with Crippen LogP contribution in [0.5, 0.6) is 0 Å². The maximum absolute atomic E-state index is 13.7. The highest BCUT2D eigenvalue weighted by Crippen LogP contribution is 2.26. The van der Waals surface area contributed by atoms with E-state index in [1.54, 1.807) is 24.4 Å². The molecule has 2 aromatic carbocycles. The predicted molar refractivity (Wildman–Crippen MR) is 98.0 cm³/mol. The summed E-state index contributed by atoms with van der Waals surface area (Å²) in [4.78, 5) is 16.3. The van der Waals surface area contributed by atoms with Gasteiger partial charge in [-0.2, -0.15) is 0 Å². The number of carbonyl (C=O) groups excluding carboxylic acids is 1. The second kappa shape index (κ2) is 7.49. The molecule has 0 fully saturated rings. The van der Waals surface area contributed by atoms with Crippen molar-refractivity contribution in [1.29, 1.82) is 0 Å². The second-order valence-corrected chi connectivity index (χ2v) is 5.99. The number of hydrogen-bond acceptors (Lipinski definition) is 3. The molecular formula is C19H14ClF2N3O. The zero-order valence-corrected chi connectivity index (χ0v) is 14.4. The normalized spacial score (nSPS) is 10.5. The molecule has 1 aromatic heterocycles. The molecule has 0 spiro atoms. The van der Waals surface area contributed by atoms with E-state index in [2.05, 4.69) is 15.6 Å². The molecule has 132 valence electrons. The topological polar surface area (TPSA) is 54.0 Å². The number of nitrogens with one attached hydrogen (secondary N) is 2. The van der Waals surface area contributed by atoms with Gasteiger partial charge in [-0.1, -0.05) is 17.7 Å². The first-order valence-corrected chi connectivity index (χ1v) is 8.05. The number of rotatable bonds is 4. The van der Waals surface area contributed by atoms with Crippen LogP contribution in [0.2, 0.25) is 5.02 Å². The summed E-state index contributed by atoms with van der Waals surface area (Å²) in [5, 5.41) is 6.15. The van der Waals surface area contributed by atoms with Crippen LogP contribution in [0.1, 0.15) is 15.9 Å². The summed E-state index contributed by atoms with van der Waals surface area (Å²) in [6.45, 7) is 1.87. The number of pyridine rings is 1. The molecule has 0 bridgehead atoms. The van der Waals surface area contributed by atoms with E-state index >= 15 is 0 Å². The number of aromatic nitrogens is 1. The molecule has 1 amide bonds. The molecule has 26 heavy (non-hydrogen) atoms. The van der Waals surface area contributed by atoms with Crippen molar-refractivity contribution in [3.05, 3.63) is 82.6 Å². The lowest BCUT2D eigenvalue weighted by molar-refractivity contribution is 0.102. The van der Waals surface area contributed by atoms with Crippen LogP contribution < -0.4 is 10.6 Å². The lowest BCUT2D eigenvalue weighted by Gasteiger charge is -2.11. The molecule has 0 atom stereocenters. The van der Waals surface area contributed by atoms with E-state index in [9.17, 15) is 13.6 Å². The van der Waals surface area contributed by atoms with Crippen LogP contribution >= 0.6 is 11.6 Å². The molecule has 0 aliphatic heterocycles. The van der Waals surface area contributed by atoms with Gasteiger partial charge >= 0.3 is 0 Å². The number of hydrogen-bond donors (Lipinski definition) is 2. The number of anilines is 3. The van der Waals surface area contributed by atoms with Crippen molar-refractivity contribution < 1.29 is 13.6 Å². The molecule has 0 radical (unpaired) electrons. The standard InChI is InChI=1S/C19H14ClF2N3O/c1-11-15(20)3-2-4-17(11)24-14-7-12(9-23-10-14)19(26)25-18-6-5-13(21)8-16(18)22/h2-10,24H,1H3,(H,25,26). The number of carbonyl (C=O) groups is 1. The van der Waals surface area contributed by atoms with Crippen LogP contribution in [0, 0.1) is 18.6 Å². The van der Waals surface area contributed by atoms with Crippen molar-refractivity contribution in [3.8, 4) is 0 Å². The fourth-order valence-corrected chi connectivity index (χ4v) is 2.49. The van der Waals surface area contributed by atoms with E-state index < -0.39 is 17.5 Å². The van der Waals surface area contributed by atoms with Gasteiger partial charge < -0.3 is 10.6 Å². The Labute approximate surface area is 153 Å². The largest absolute Gasteiger partial charge is 0.354 e. The van der Waals surface area contributed by atoms with E-state index in [0.717, 1.165) is 23.4 Å². The van der Waals surface area contributed by atoms with Gasteiger partial charge in [0.05, 0.1) is 23.1 Å². The maximum Gasteiger partial charge on any atom is 0.257 e. The summed E-state index contributed by atoms with van der Waals surface area (Å²) in [6.07, 6.45) is 2.91. The second-order valence-electron chi connectivity index (χ2n) is 5.58. The maximum atomic E-state index is 13.7. The SMILES string of the molecule is Cc1c(Cl)cccc1Nc1cncc(C(=O)Nc2ccc(F)cc2F)c1. The fraction of sp³-hybridized carbons (Fsp3) is 0.0526. The minimum absolute atomic E-state index is 0.111. The molecule has 4 nitrogen and oxygen atoms in total. The molecule has 3 aromatic rings. The highest BCUT2D eigenvalue weighted by Gasteiger charge is 2.12. The minimum Gasteiger partial charge on any atom is -0.354 e. The monoisotopic (exact) mass is 373 g/mol. The zero-order chi connectivity index (χ0) is 18.7. The van der Waals surface area contributed by atoms with Gasteiger partial charge in [0.25, 0.3) is 5.91 Å². The lowest BCUT2D eigenvalue weighted by Crippen LogP contribution is -2.13. The summed E-state index contributed by atoms with van der Waals surface area (Å²) in [7, 11) is 0. The van der Waals surface area contributed by atoms with E-state index in [1.807, 2.05) is 13.0 Å². The first kappa shape index (κ1) is 17.8.